The zero-order chi connectivity index (χ0) is 19.9. The van der Waals surface area contributed by atoms with Crippen LogP contribution in [0.2, 0.25) is 0 Å². The van der Waals surface area contributed by atoms with Crippen molar-refractivity contribution in [1.82, 2.24) is 10.6 Å². The summed E-state index contributed by atoms with van der Waals surface area (Å²) in [6.07, 6.45) is 2.29. The highest BCUT2D eigenvalue weighted by atomic mass is 16.5. The first kappa shape index (κ1) is 19.9. The van der Waals surface area contributed by atoms with Crippen LogP contribution >= 0.6 is 0 Å². The van der Waals surface area contributed by atoms with Gasteiger partial charge in [0.2, 0.25) is 0 Å². The second-order valence-corrected chi connectivity index (χ2v) is 7.31. The predicted octanol–water partition coefficient (Wildman–Crippen LogP) is 3.83. The first-order valence-corrected chi connectivity index (χ1v) is 9.65. The molecule has 6 nitrogen and oxygen atoms in total. The number of carbonyl (C=O) groups excluding carboxylic acids is 2. The topological polar surface area (TPSA) is 79.5 Å². The average Bonchev–Trinajstić information content (AvgIpc) is 3.49. The molecule has 1 saturated carbocycles. The van der Waals surface area contributed by atoms with E-state index in [4.69, 9.17) is 4.74 Å². The second-order valence-electron chi connectivity index (χ2n) is 7.31. The van der Waals surface area contributed by atoms with Gasteiger partial charge in [0.25, 0.3) is 5.91 Å². The minimum absolute atomic E-state index is 0.152. The summed E-state index contributed by atoms with van der Waals surface area (Å²) < 4.78 is 5.58. The van der Waals surface area contributed by atoms with Crippen molar-refractivity contribution in [2.24, 2.45) is 0 Å². The van der Waals surface area contributed by atoms with Gasteiger partial charge in [-0.05, 0) is 62.1 Å². The number of rotatable bonds is 8. The lowest BCUT2D eigenvalue weighted by molar-refractivity contribution is 0.0657. The van der Waals surface area contributed by atoms with Gasteiger partial charge in [0.1, 0.15) is 0 Å². The van der Waals surface area contributed by atoms with Gasteiger partial charge in [0, 0.05) is 23.8 Å². The number of nitrogens with one attached hydrogen (secondary N) is 3. The molecule has 0 unspecified atom stereocenters. The van der Waals surface area contributed by atoms with E-state index < -0.39 is 0 Å². The first-order valence-electron chi connectivity index (χ1n) is 9.65. The Balaban J connectivity index is 1.45. The van der Waals surface area contributed by atoms with E-state index in [1.165, 1.54) is 0 Å². The third-order valence-corrected chi connectivity index (χ3v) is 4.38. The number of hydrogen-bond donors (Lipinski definition) is 3. The van der Waals surface area contributed by atoms with Gasteiger partial charge in [-0.1, -0.05) is 24.3 Å². The van der Waals surface area contributed by atoms with Gasteiger partial charge in [-0.3, -0.25) is 4.79 Å². The Kier molecular flexibility index (Phi) is 6.66. The Morgan fingerprint density at radius 2 is 1.64 bits per heavy atom. The van der Waals surface area contributed by atoms with Crippen molar-refractivity contribution in [2.75, 3.05) is 5.32 Å². The SMILES string of the molecule is CC(C)OCc1ccc(CNC(=O)c2ccc(NC(=O)NC3CC3)cc2)cc1. The summed E-state index contributed by atoms with van der Waals surface area (Å²) in [6.45, 7) is 5.06. The summed E-state index contributed by atoms with van der Waals surface area (Å²) >= 11 is 0. The van der Waals surface area contributed by atoms with Crippen molar-refractivity contribution < 1.29 is 14.3 Å². The molecule has 0 aromatic heterocycles. The molecular formula is C22H27N3O3. The third-order valence-electron chi connectivity index (χ3n) is 4.38. The molecule has 0 aliphatic heterocycles. The van der Waals surface area contributed by atoms with E-state index >= 15 is 0 Å². The summed E-state index contributed by atoms with van der Waals surface area (Å²) in [4.78, 5) is 24.0. The van der Waals surface area contributed by atoms with Crippen LogP contribution in [0.15, 0.2) is 48.5 Å². The number of anilines is 1. The fourth-order valence-corrected chi connectivity index (χ4v) is 2.59. The van der Waals surface area contributed by atoms with Gasteiger partial charge in [0.05, 0.1) is 12.7 Å². The highest BCUT2D eigenvalue weighted by Gasteiger charge is 2.23. The number of benzene rings is 2. The Labute approximate surface area is 165 Å². The lowest BCUT2D eigenvalue weighted by Gasteiger charge is -2.10. The van der Waals surface area contributed by atoms with Crippen molar-refractivity contribution in [3.8, 4) is 0 Å². The Hall–Kier alpha value is -2.86. The molecular weight excluding hydrogens is 354 g/mol. The maximum atomic E-state index is 12.3. The van der Waals surface area contributed by atoms with Crippen molar-refractivity contribution in [3.05, 3.63) is 65.2 Å². The third kappa shape index (κ3) is 6.39. The molecule has 6 heteroatoms. The zero-order valence-electron chi connectivity index (χ0n) is 16.3. The Bertz CT molecular complexity index is 797. The summed E-state index contributed by atoms with van der Waals surface area (Å²) in [5.74, 6) is -0.152. The van der Waals surface area contributed by atoms with E-state index in [9.17, 15) is 9.59 Å². The van der Waals surface area contributed by atoms with E-state index in [1.54, 1.807) is 24.3 Å². The molecule has 28 heavy (non-hydrogen) atoms. The molecule has 0 atom stereocenters. The average molecular weight is 381 g/mol. The van der Waals surface area contributed by atoms with Crippen LogP contribution in [-0.2, 0) is 17.9 Å². The molecule has 0 saturated heterocycles. The summed E-state index contributed by atoms with van der Waals surface area (Å²) in [6, 6.07) is 15.0. The fraction of sp³-hybridized carbons (Fsp3) is 0.364. The minimum atomic E-state index is -0.207. The fourth-order valence-electron chi connectivity index (χ4n) is 2.59. The number of amides is 3. The molecule has 0 spiro atoms. The highest BCUT2D eigenvalue weighted by molar-refractivity contribution is 5.95. The van der Waals surface area contributed by atoms with Crippen molar-refractivity contribution in [2.45, 2.75) is 52.0 Å². The number of hydrogen-bond acceptors (Lipinski definition) is 3. The van der Waals surface area contributed by atoms with Gasteiger partial charge in [-0.15, -0.1) is 0 Å². The Morgan fingerprint density at radius 3 is 2.25 bits per heavy atom. The number of ether oxygens (including phenoxy) is 1. The standard InChI is InChI=1S/C22H27N3O3/c1-15(2)28-14-17-5-3-16(4-6-17)13-23-21(26)18-7-9-19(10-8-18)24-22(27)25-20-11-12-20/h3-10,15,20H,11-14H2,1-2H3,(H,23,26)(H2,24,25,27). The lowest BCUT2D eigenvalue weighted by atomic mass is 10.1. The summed E-state index contributed by atoms with van der Waals surface area (Å²) in [7, 11) is 0. The monoisotopic (exact) mass is 381 g/mol. The molecule has 2 aromatic carbocycles. The van der Waals surface area contributed by atoms with Crippen LogP contribution < -0.4 is 16.0 Å². The van der Waals surface area contributed by atoms with Gasteiger partial charge < -0.3 is 20.7 Å². The van der Waals surface area contributed by atoms with E-state index in [0.29, 0.717) is 30.4 Å². The Morgan fingerprint density at radius 1 is 1.00 bits per heavy atom. The van der Waals surface area contributed by atoms with Crippen LogP contribution in [0.25, 0.3) is 0 Å². The molecule has 148 valence electrons. The van der Waals surface area contributed by atoms with Crippen LogP contribution in [0.4, 0.5) is 10.5 Å². The summed E-state index contributed by atoms with van der Waals surface area (Å²) in [5, 5.41) is 8.54. The quantitative estimate of drug-likeness (QED) is 0.650. The van der Waals surface area contributed by atoms with E-state index in [1.807, 2.05) is 38.1 Å². The molecule has 3 N–H and O–H groups in total. The molecule has 1 fully saturated rings. The molecule has 0 heterocycles. The number of urea groups is 1. The maximum absolute atomic E-state index is 12.3. The molecule has 1 aliphatic rings. The minimum Gasteiger partial charge on any atom is -0.374 e. The van der Waals surface area contributed by atoms with Crippen molar-refractivity contribution in [1.29, 1.82) is 0 Å². The molecule has 2 aromatic rings. The zero-order valence-corrected chi connectivity index (χ0v) is 16.3. The summed E-state index contributed by atoms with van der Waals surface area (Å²) in [5.41, 5.74) is 3.35. The van der Waals surface area contributed by atoms with Crippen LogP contribution in [0.5, 0.6) is 0 Å². The largest absolute Gasteiger partial charge is 0.374 e. The van der Waals surface area contributed by atoms with Crippen molar-refractivity contribution >= 4 is 17.6 Å². The van der Waals surface area contributed by atoms with Crippen LogP contribution in [0.3, 0.4) is 0 Å². The van der Waals surface area contributed by atoms with Crippen LogP contribution in [-0.4, -0.2) is 24.1 Å². The molecule has 1 aliphatic carbocycles. The molecule has 3 rings (SSSR count). The second kappa shape index (κ2) is 9.37. The molecule has 3 amide bonds. The first-order chi connectivity index (χ1) is 13.5. The van der Waals surface area contributed by atoms with Gasteiger partial charge in [-0.2, -0.15) is 0 Å². The van der Waals surface area contributed by atoms with Crippen LogP contribution in [0.1, 0.15) is 48.2 Å². The van der Waals surface area contributed by atoms with Crippen molar-refractivity contribution in [3.63, 3.8) is 0 Å². The molecule has 0 radical (unpaired) electrons. The van der Waals surface area contributed by atoms with E-state index in [-0.39, 0.29) is 18.0 Å². The highest BCUT2D eigenvalue weighted by Crippen LogP contribution is 2.19. The van der Waals surface area contributed by atoms with Crippen LogP contribution in [0, 0.1) is 0 Å². The lowest BCUT2D eigenvalue weighted by Crippen LogP contribution is -2.30. The van der Waals surface area contributed by atoms with Gasteiger partial charge in [-0.25, -0.2) is 4.79 Å². The van der Waals surface area contributed by atoms with Gasteiger partial charge in [0.15, 0.2) is 0 Å². The van der Waals surface area contributed by atoms with E-state index in [0.717, 1.165) is 24.0 Å². The maximum Gasteiger partial charge on any atom is 0.319 e. The van der Waals surface area contributed by atoms with Gasteiger partial charge >= 0.3 is 6.03 Å². The smallest absolute Gasteiger partial charge is 0.319 e. The normalized spacial score (nSPS) is 13.2. The number of carbonyl (C=O) groups is 2. The van der Waals surface area contributed by atoms with E-state index in [2.05, 4.69) is 16.0 Å². The molecule has 0 bridgehead atoms. The predicted molar refractivity (Wildman–Crippen MR) is 109 cm³/mol.